The number of fused-ring (bicyclic) bond motifs is 1. The highest BCUT2D eigenvalue weighted by Crippen LogP contribution is 2.40. The smallest absolute Gasteiger partial charge is 0.167 e. The Labute approximate surface area is 126 Å². The Morgan fingerprint density at radius 3 is 2.86 bits per heavy atom. The average molecular weight is 304 g/mol. The van der Waals surface area contributed by atoms with Gasteiger partial charge in [-0.2, -0.15) is 0 Å². The van der Waals surface area contributed by atoms with Gasteiger partial charge in [0, 0.05) is 6.20 Å². The first-order valence-corrected chi connectivity index (χ1v) is 6.66. The van der Waals surface area contributed by atoms with E-state index in [1.165, 1.54) is 17.8 Å². The van der Waals surface area contributed by atoms with Crippen molar-refractivity contribution in [2.24, 2.45) is 0 Å². The van der Waals surface area contributed by atoms with Crippen LogP contribution in [0.1, 0.15) is 18.7 Å². The molecule has 1 saturated heterocycles. The molecular formula is C14H16N4O4. The standard InChI is InChI=1S/C14H16N4O4/c1-3-7-4-18(12-9(7)11(15)16-6-17-12)13-14(2,21)10(20)8(5-19)22-13/h1,4,6,8,10,13,19-21H,5H2,2H3,(H2,15,16,17)/t8?,10?,13?,14-/m1/s1. The number of hydrogen-bond acceptors (Lipinski definition) is 7. The zero-order chi connectivity index (χ0) is 16.1. The number of nitrogens with zero attached hydrogens (tertiary/aromatic N) is 3. The minimum absolute atomic E-state index is 0.216. The number of aliphatic hydroxyl groups is 3. The molecule has 116 valence electrons. The van der Waals surface area contributed by atoms with Crippen molar-refractivity contribution in [2.75, 3.05) is 12.3 Å². The summed E-state index contributed by atoms with van der Waals surface area (Å²) in [4.78, 5) is 8.04. The minimum atomic E-state index is -1.63. The quantitative estimate of drug-likeness (QED) is 0.524. The highest BCUT2D eigenvalue weighted by molar-refractivity contribution is 5.92. The van der Waals surface area contributed by atoms with Crippen molar-refractivity contribution in [3.05, 3.63) is 18.1 Å². The van der Waals surface area contributed by atoms with Crippen molar-refractivity contribution >= 4 is 16.9 Å². The molecule has 1 aliphatic heterocycles. The predicted molar refractivity (Wildman–Crippen MR) is 77.5 cm³/mol. The highest BCUT2D eigenvalue weighted by Gasteiger charge is 2.53. The number of rotatable bonds is 2. The lowest BCUT2D eigenvalue weighted by atomic mass is 9.96. The maximum atomic E-state index is 10.6. The van der Waals surface area contributed by atoms with Gasteiger partial charge < -0.3 is 30.4 Å². The molecule has 2 aromatic rings. The fourth-order valence-corrected chi connectivity index (χ4v) is 2.79. The van der Waals surface area contributed by atoms with Gasteiger partial charge in [-0.15, -0.1) is 6.42 Å². The molecule has 22 heavy (non-hydrogen) atoms. The molecule has 3 heterocycles. The van der Waals surface area contributed by atoms with Gasteiger partial charge in [-0.3, -0.25) is 0 Å². The second-order valence-corrected chi connectivity index (χ2v) is 5.43. The lowest BCUT2D eigenvalue weighted by Crippen LogP contribution is -2.44. The lowest BCUT2D eigenvalue weighted by molar-refractivity contribution is -0.0948. The van der Waals surface area contributed by atoms with Crippen LogP contribution >= 0.6 is 0 Å². The second-order valence-electron chi connectivity index (χ2n) is 5.43. The molecule has 0 bridgehead atoms. The molecule has 5 N–H and O–H groups in total. The van der Waals surface area contributed by atoms with Crippen LogP contribution in [0, 0.1) is 12.3 Å². The molecule has 3 unspecified atom stereocenters. The van der Waals surface area contributed by atoms with E-state index in [4.69, 9.17) is 16.9 Å². The summed E-state index contributed by atoms with van der Waals surface area (Å²) in [5.74, 6) is 2.70. The van der Waals surface area contributed by atoms with Crippen molar-refractivity contribution in [3.63, 3.8) is 0 Å². The van der Waals surface area contributed by atoms with E-state index in [-0.39, 0.29) is 5.82 Å². The molecule has 1 fully saturated rings. The number of nitrogen functional groups attached to an aromatic ring is 1. The van der Waals surface area contributed by atoms with Gasteiger partial charge >= 0.3 is 0 Å². The number of nitrogens with two attached hydrogens (primary N) is 1. The SMILES string of the molecule is C#Cc1cn(C2OC(CO)C(O)[C@@]2(C)O)c2ncnc(N)c12. The number of anilines is 1. The Balaban J connectivity index is 2.20. The summed E-state index contributed by atoms with van der Waals surface area (Å²) in [5.41, 5.74) is 5.05. The average Bonchev–Trinajstić information content (AvgIpc) is 2.97. The van der Waals surface area contributed by atoms with Crippen LogP contribution in [0.25, 0.3) is 11.0 Å². The van der Waals surface area contributed by atoms with E-state index in [0.717, 1.165) is 0 Å². The first-order valence-electron chi connectivity index (χ1n) is 6.66. The molecule has 8 heteroatoms. The van der Waals surface area contributed by atoms with Crippen LogP contribution in [0.15, 0.2) is 12.5 Å². The summed E-state index contributed by atoms with van der Waals surface area (Å²) in [6.07, 6.45) is 5.17. The van der Waals surface area contributed by atoms with Crippen LogP contribution in [-0.4, -0.2) is 54.3 Å². The van der Waals surface area contributed by atoms with Gasteiger partial charge in [-0.25, -0.2) is 9.97 Å². The summed E-state index contributed by atoms with van der Waals surface area (Å²) >= 11 is 0. The largest absolute Gasteiger partial charge is 0.394 e. The highest BCUT2D eigenvalue weighted by atomic mass is 16.6. The van der Waals surface area contributed by atoms with E-state index in [1.54, 1.807) is 6.20 Å². The van der Waals surface area contributed by atoms with Gasteiger partial charge in [-0.05, 0) is 6.92 Å². The molecule has 0 saturated carbocycles. The summed E-state index contributed by atoms with van der Waals surface area (Å²) in [6.45, 7) is 0.996. The monoisotopic (exact) mass is 304 g/mol. The first-order chi connectivity index (χ1) is 10.4. The Morgan fingerprint density at radius 1 is 1.55 bits per heavy atom. The third-order valence-corrected chi connectivity index (χ3v) is 3.98. The van der Waals surface area contributed by atoms with Gasteiger partial charge in [0.25, 0.3) is 0 Å². The lowest BCUT2D eigenvalue weighted by Gasteiger charge is -2.27. The van der Waals surface area contributed by atoms with Gasteiger partial charge in [0.2, 0.25) is 0 Å². The number of aromatic nitrogens is 3. The number of terminal acetylenes is 1. The molecule has 0 spiro atoms. The normalized spacial score (nSPS) is 31.5. The summed E-state index contributed by atoms with van der Waals surface area (Å²) in [6, 6.07) is 0. The third-order valence-electron chi connectivity index (χ3n) is 3.98. The zero-order valence-electron chi connectivity index (χ0n) is 11.8. The van der Waals surface area contributed by atoms with E-state index in [1.807, 2.05) is 0 Å². The minimum Gasteiger partial charge on any atom is -0.394 e. The fraction of sp³-hybridized carbons (Fsp3) is 0.429. The van der Waals surface area contributed by atoms with Crippen molar-refractivity contribution < 1.29 is 20.1 Å². The molecule has 0 aliphatic carbocycles. The van der Waals surface area contributed by atoms with Crippen molar-refractivity contribution in [2.45, 2.75) is 31.0 Å². The van der Waals surface area contributed by atoms with Crippen LogP contribution in [0.5, 0.6) is 0 Å². The Bertz CT molecular complexity index is 764. The van der Waals surface area contributed by atoms with E-state index in [9.17, 15) is 15.3 Å². The van der Waals surface area contributed by atoms with Crippen LogP contribution < -0.4 is 5.73 Å². The Hall–Kier alpha value is -2.18. The van der Waals surface area contributed by atoms with Gasteiger partial charge in [0.15, 0.2) is 6.23 Å². The maximum absolute atomic E-state index is 10.6. The number of aliphatic hydroxyl groups excluding tert-OH is 2. The molecule has 3 rings (SSSR count). The van der Waals surface area contributed by atoms with Crippen LogP contribution in [0.4, 0.5) is 5.82 Å². The predicted octanol–water partition coefficient (Wildman–Crippen LogP) is -1.00. The van der Waals surface area contributed by atoms with Gasteiger partial charge in [-0.1, -0.05) is 5.92 Å². The molecule has 4 atom stereocenters. The Kier molecular flexibility index (Phi) is 3.30. The van der Waals surface area contributed by atoms with E-state index < -0.39 is 30.6 Å². The molecule has 2 aromatic heterocycles. The molecule has 1 aliphatic rings. The second kappa shape index (κ2) is 4.93. The fourth-order valence-electron chi connectivity index (χ4n) is 2.79. The zero-order valence-corrected chi connectivity index (χ0v) is 11.8. The molecule has 0 amide bonds. The Morgan fingerprint density at radius 2 is 2.27 bits per heavy atom. The van der Waals surface area contributed by atoms with Crippen LogP contribution in [0.3, 0.4) is 0 Å². The summed E-state index contributed by atoms with van der Waals surface area (Å²) in [7, 11) is 0. The maximum Gasteiger partial charge on any atom is 0.167 e. The van der Waals surface area contributed by atoms with Crippen molar-refractivity contribution in [1.82, 2.24) is 14.5 Å². The molecule has 0 aromatic carbocycles. The van der Waals surface area contributed by atoms with Gasteiger partial charge in [0.1, 0.15) is 35.6 Å². The molecule has 0 radical (unpaired) electrons. The summed E-state index contributed by atoms with van der Waals surface area (Å²) < 4.78 is 7.07. The van der Waals surface area contributed by atoms with Crippen molar-refractivity contribution in [1.29, 1.82) is 0 Å². The first kappa shape index (κ1) is 14.7. The van der Waals surface area contributed by atoms with E-state index >= 15 is 0 Å². The van der Waals surface area contributed by atoms with Gasteiger partial charge in [0.05, 0.1) is 17.6 Å². The third kappa shape index (κ3) is 1.88. The van der Waals surface area contributed by atoms with E-state index in [0.29, 0.717) is 16.6 Å². The number of hydrogen-bond donors (Lipinski definition) is 4. The number of ether oxygens (including phenoxy) is 1. The summed E-state index contributed by atoms with van der Waals surface area (Å²) in [5, 5.41) is 30.4. The molecular weight excluding hydrogens is 288 g/mol. The van der Waals surface area contributed by atoms with Crippen LogP contribution in [0.2, 0.25) is 0 Å². The van der Waals surface area contributed by atoms with Crippen LogP contribution in [-0.2, 0) is 4.74 Å². The topological polar surface area (TPSA) is 127 Å². The van der Waals surface area contributed by atoms with E-state index in [2.05, 4.69) is 15.9 Å². The van der Waals surface area contributed by atoms with Crippen molar-refractivity contribution in [3.8, 4) is 12.3 Å². The molecule has 8 nitrogen and oxygen atoms in total.